The number of amides is 1. The second kappa shape index (κ2) is 7.95. The molecule has 2 aromatic heterocycles. The van der Waals surface area contributed by atoms with Crippen LogP contribution in [0.25, 0.3) is 11.4 Å². The van der Waals surface area contributed by atoms with E-state index in [0.29, 0.717) is 23.6 Å². The minimum atomic E-state index is -0.293. The first-order valence-electron chi connectivity index (χ1n) is 8.74. The molecule has 0 fully saturated rings. The third-order valence-electron chi connectivity index (χ3n) is 4.58. The summed E-state index contributed by atoms with van der Waals surface area (Å²) in [7, 11) is 1.75. The summed E-state index contributed by atoms with van der Waals surface area (Å²) in [5, 5.41) is 0. The zero-order chi connectivity index (χ0) is 19.4. The Balaban J connectivity index is 1.78. The van der Waals surface area contributed by atoms with Gasteiger partial charge in [0.1, 0.15) is 5.82 Å². The Morgan fingerprint density at radius 1 is 1.15 bits per heavy atom. The fraction of sp³-hybridized carbons (Fsp3) is 0.238. The standard InChI is InChI=1S/C21H22N4O2/c1-14-7-4-5-8-17(14)13-25(3)19(26)11-18-15(2)23-20(24-21(18)27)16-9-6-10-22-12-16/h4-10,12H,11,13H2,1-3H3,(H,23,24,27). The van der Waals surface area contributed by atoms with E-state index < -0.39 is 0 Å². The van der Waals surface area contributed by atoms with E-state index in [1.807, 2.05) is 37.3 Å². The molecule has 0 aliphatic rings. The van der Waals surface area contributed by atoms with Gasteiger partial charge in [0.05, 0.1) is 6.42 Å². The molecule has 0 atom stereocenters. The summed E-state index contributed by atoms with van der Waals surface area (Å²) in [6.07, 6.45) is 3.31. The van der Waals surface area contributed by atoms with Gasteiger partial charge in [0.25, 0.3) is 5.56 Å². The van der Waals surface area contributed by atoms with Crippen LogP contribution in [0.3, 0.4) is 0 Å². The molecule has 3 rings (SSSR count). The van der Waals surface area contributed by atoms with Crippen LogP contribution in [0.5, 0.6) is 0 Å². The third kappa shape index (κ3) is 4.28. The number of aromatic amines is 1. The lowest BCUT2D eigenvalue weighted by Crippen LogP contribution is -2.31. The van der Waals surface area contributed by atoms with E-state index in [1.165, 1.54) is 0 Å². The van der Waals surface area contributed by atoms with Crippen LogP contribution in [0, 0.1) is 13.8 Å². The normalized spacial score (nSPS) is 10.6. The zero-order valence-electron chi connectivity index (χ0n) is 15.7. The maximum Gasteiger partial charge on any atom is 0.255 e. The molecular weight excluding hydrogens is 340 g/mol. The molecule has 138 valence electrons. The highest BCUT2D eigenvalue weighted by Crippen LogP contribution is 2.14. The van der Waals surface area contributed by atoms with Crippen LogP contribution in [0.1, 0.15) is 22.4 Å². The predicted octanol–water partition coefficient (Wildman–Crippen LogP) is 2.65. The molecule has 6 heteroatoms. The van der Waals surface area contributed by atoms with Gasteiger partial charge >= 0.3 is 0 Å². The van der Waals surface area contributed by atoms with Crippen LogP contribution in [0.2, 0.25) is 0 Å². The molecule has 0 aliphatic carbocycles. The van der Waals surface area contributed by atoms with Gasteiger partial charge in [0, 0.05) is 42.8 Å². The van der Waals surface area contributed by atoms with E-state index in [1.54, 1.807) is 37.3 Å². The lowest BCUT2D eigenvalue weighted by molar-refractivity contribution is -0.129. The lowest BCUT2D eigenvalue weighted by atomic mass is 10.1. The molecule has 3 aromatic rings. The topological polar surface area (TPSA) is 79.0 Å². The number of nitrogens with one attached hydrogen (secondary N) is 1. The SMILES string of the molecule is Cc1ccccc1CN(C)C(=O)Cc1c(C)nc(-c2cccnc2)[nH]c1=O. The fourth-order valence-electron chi connectivity index (χ4n) is 2.88. The van der Waals surface area contributed by atoms with Crippen molar-refractivity contribution in [3.63, 3.8) is 0 Å². The minimum absolute atomic E-state index is 0.0177. The smallest absolute Gasteiger partial charge is 0.255 e. The van der Waals surface area contributed by atoms with E-state index in [4.69, 9.17) is 0 Å². The second-order valence-electron chi connectivity index (χ2n) is 6.57. The number of carbonyl (C=O) groups excluding carboxylic acids is 1. The summed E-state index contributed by atoms with van der Waals surface area (Å²) < 4.78 is 0. The van der Waals surface area contributed by atoms with Crippen molar-refractivity contribution in [3.8, 4) is 11.4 Å². The van der Waals surface area contributed by atoms with Crippen molar-refractivity contribution in [2.45, 2.75) is 26.8 Å². The maximum absolute atomic E-state index is 12.6. The van der Waals surface area contributed by atoms with Crippen molar-refractivity contribution in [1.82, 2.24) is 19.9 Å². The summed E-state index contributed by atoms with van der Waals surface area (Å²) in [6.45, 7) is 4.27. The molecule has 0 aliphatic heterocycles. The number of rotatable bonds is 5. The number of aryl methyl sites for hydroxylation is 2. The van der Waals surface area contributed by atoms with Gasteiger partial charge in [0.2, 0.25) is 5.91 Å². The number of likely N-dealkylation sites (N-methyl/N-ethyl adjacent to an activating group) is 1. The summed E-state index contributed by atoms with van der Waals surface area (Å²) >= 11 is 0. The lowest BCUT2D eigenvalue weighted by Gasteiger charge is -2.19. The van der Waals surface area contributed by atoms with Gasteiger partial charge < -0.3 is 9.88 Å². The first-order chi connectivity index (χ1) is 13.0. The first kappa shape index (κ1) is 18.5. The van der Waals surface area contributed by atoms with Gasteiger partial charge in [-0.05, 0) is 37.1 Å². The molecule has 0 bridgehead atoms. The molecule has 1 amide bonds. The Morgan fingerprint density at radius 2 is 1.93 bits per heavy atom. The van der Waals surface area contributed by atoms with Crippen LogP contribution < -0.4 is 5.56 Å². The van der Waals surface area contributed by atoms with Crippen molar-refractivity contribution >= 4 is 5.91 Å². The summed E-state index contributed by atoms with van der Waals surface area (Å²) in [6, 6.07) is 11.6. The monoisotopic (exact) mass is 362 g/mol. The quantitative estimate of drug-likeness (QED) is 0.757. The van der Waals surface area contributed by atoms with Crippen molar-refractivity contribution in [1.29, 1.82) is 0 Å². The molecule has 0 spiro atoms. The Kier molecular flexibility index (Phi) is 5.45. The van der Waals surface area contributed by atoms with E-state index in [2.05, 4.69) is 15.0 Å². The Hall–Kier alpha value is -3.28. The van der Waals surface area contributed by atoms with Crippen molar-refractivity contribution in [2.75, 3.05) is 7.05 Å². The third-order valence-corrected chi connectivity index (χ3v) is 4.58. The number of benzene rings is 1. The molecule has 6 nitrogen and oxygen atoms in total. The number of hydrogen-bond acceptors (Lipinski definition) is 4. The van der Waals surface area contributed by atoms with Crippen molar-refractivity contribution < 1.29 is 4.79 Å². The van der Waals surface area contributed by atoms with Gasteiger partial charge in [-0.15, -0.1) is 0 Å². The van der Waals surface area contributed by atoms with Crippen LogP contribution >= 0.6 is 0 Å². The summed E-state index contributed by atoms with van der Waals surface area (Å²) in [4.78, 5) is 38.0. The average Bonchev–Trinajstić information content (AvgIpc) is 2.66. The Bertz CT molecular complexity index is 1010. The molecule has 0 saturated carbocycles. The Morgan fingerprint density at radius 3 is 2.59 bits per heavy atom. The highest BCUT2D eigenvalue weighted by molar-refractivity contribution is 5.78. The van der Waals surface area contributed by atoms with Crippen molar-refractivity contribution in [3.05, 3.63) is 81.5 Å². The minimum Gasteiger partial charge on any atom is -0.341 e. The molecule has 1 N–H and O–H groups in total. The summed E-state index contributed by atoms with van der Waals surface area (Å²) in [5.74, 6) is 0.331. The number of nitrogens with zero attached hydrogens (tertiary/aromatic N) is 3. The fourth-order valence-corrected chi connectivity index (χ4v) is 2.88. The van der Waals surface area contributed by atoms with E-state index in [0.717, 1.165) is 16.7 Å². The van der Waals surface area contributed by atoms with Crippen LogP contribution in [-0.4, -0.2) is 32.8 Å². The highest BCUT2D eigenvalue weighted by Gasteiger charge is 2.17. The molecule has 2 heterocycles. The van der Waals surface area contributed by atoms with Crippen LogP contribution in [0.4, 0.5) is 0 Å². The average molecular weight is 362 g/mol. The first-order valence-corrected chi connectivity index (χ1v) is 8.74. The molecule has 0 saturated heterocycles. The maximum atomic E-state index is 12.6. The van der Waals surface area contributed by atoms with Crippen LogP contribution in [-0.2, 0) is 17.8 Å². The zero-order valence-corrected chi connectivity index (χ0v) is 15.7. The molecule has 0 radical (unpaired) electrons. The van der Waals surface area contributed by atoms with E-state index in [-0.39, 0.29) is 17.9 Å². The molecule has 0 unspecified atom stereocenters. The Labute approximate surface area is 157 Å². The highest BCUT2D eigenvalue weighted by atomic mass is 16.2. The van der Waals surface area contributed by atoms with E-state index >= 15 is 0 Å². The molecular formula is C21H22N4O2. The van der Waals surface area contributed by atoms with Gasteiger partial charge in [-0.2, -0.15) is 0 Å². The van der Waals surface area contributed by atoms with Crippen LogP contribution in [0.15, 0.2) is 53.6 Å². The number of pyridine rings is 1. The second-order valence-corrected chi connectivity index (χ2v) is 6.57. The number of H-pyrrole nitrogens is 1. The van der Waals surface area contributed by atoms with Gasteiger partial charge in [-0.25, -0.2) is 4.98 Å². The summed E-state index contributed by atoms with van der Waals surface area (Å²) in [5.41, 5.74) is 3.60. The largest absolute Gasteiger partial charge is 0.341 e. The van der Waals surface area contributed by atoms with E-state index in [9.17, 15) is 9.59 Å². The predicted molar refractivity (Wildman–Crippen MR) is 104 cm³/mol. The number of hydrogen-bond donors (Lipinski definition) is 1. The number of aromatic nitrogens is 3. The van der Waals surface area contributed by atoms with Crippen molar-refractivity contribution in [2.24, 2.45) is 0 Å². The number of carbonyl (C=O) groups is 1. The van der Waals surface area contributed by atoms with Gasteiger partial charge in [-0.3, -0.25) is 14.6 Å². The molecule has 27 heavy (non-hydrogen) atoms. The van der Waals surface area contributed by atoms with Gasteiger partial charge in [-0.1, -0.05) is 24.3 Å². The van der Waals surface area contributed by atoms with Gasteiger partial charge in [0.15, 0.2) is 0 Å². The molecule has 1 aromatic carbocycles.